The van der Waals surface area contributed by atoms with Crippen LogP contribution < -0.4 is 11.1 Å². The average Bonchev–Trinajstić information content (AvgIpc) is 2.23. The van der Waals surface area contributed by atoms with Gasteiger partial charge in [0.1, 0.15) is 5.82 Å². The molecule has 1 atom stereocenters. The summed E-state index contributed by atoms with van der Waals surface area (Å²) in [5.41, 5.74) is 5.27. The lowest BCUT2D eigenvalue weighted by atomic mass is 10.1. The summed E-state index contributed by atoms with van der Waals surface area (Å²) in [6.45, 7) is 2.69. The van der Waals surface area contributed by atoms with Crippen LogP contribution in [0.4, 0.5) is 18.9 Å². The third kappa shape index (κ3) is 3.12. The van der Waals surface area contributed by atoms with E-state index in [-0.39, 0.29) is 16.8 Å². The number of hydrogen-bond acceptors (Lipinski definition) is 2. The first-order chi connectivity index (χ1) is 7.82. The highest BCUT2D eigenvalue weighted by molar-refractivity contribution is 5.94. The number of nitrogens with two attached hydrogens (primary N) is 1. The third-order valence-corrected chi connectivity index (χ3v) is 2.39. The Balaban J connectivity index is 3.10. The molecule has 1 rings (SSSR count). The van der Waals surface area contributed by atoms with Crippen LogP contribution in [0.5, 0.6) is 0 Å². The second-order valence-electron chi connectivity index (χ2n) is 3.76. The second-order valence-corrected chi connectivity index (χ2v) is 3.76. The van der Waals surface area contributed by atoms with Crippen LogP contribution in [0.1, 0.15) is 22.8 Å². The first-order valence-electron chi connectivity index (χ1n) is 4.97. The SMILES string of the molecule is Cc1c(F)cc(C(N)=O)cc1NC(C)C(F)F. The highest BCUT2D eigenvalue weighted by atomic mass is 19.3. The number of nitrogens with one attached hydrogen (secondary N) is 1. The monoisotopic (exact) mass is 246 g/mol. The molecule has 0 radical (unpaired) electrons. The minimum absolute atomic E-state index is 0.0583. The lowest BCUT2D eigenvalue weighted by Gasteiger charge is -2.17. The van der Waals surface area contributed by atoms with E-state index in [1.165, 1.54) is 19.9 Å². The fourth-order valence-electron chi connectivity index (χ4n) is 1.28. The summed E-state index contributed by atoms with van der Waals surface area (Å²) in [5, 5.41) is 2.45. The van der Waals surface area contributed by atoms with Crippen molar-refractivity contribution in [1.82, 2.24) is 0 Å². The van der Waals surface area contributed by atoms with E-state index in [1.54, 1.807) is 0 Å². The van der Waals surface area contributed by atoms with Gasteiger partial charge in [-0.1, -0.05) is 0 Å². The van der Waals surface area contributed by atoms with E-state index in [1.807, 2.05) is 0 Å². The zero-order valence-corrected chi connectivity index (χ0v) is 9.43. The number of benzene rings is 1. The largest absolute Gasteiger partial charge is 0.377 e. The number of carbonyl (C=O) groups excluding carboxylic acids is 1. The number of rotatable bonds is 4. The van der Waals surface area contributed by atoms with Gasteiger partial charge in [0.25, 0.3) is 6.43 Å². The number of anilines is 1. The average molecular weight is 246 g/mol. The van der Waals surface area contributed by atoms with Crippen LogP contribution in [0.2, 0.25) is 0 Å². The van der Waals surface area contributed by atoms with Crippen LogP contribution in [0.15, 0.2) is 12.1 Å². The third-order valence-electron chi connectivity index (χ3n) is 2.39. The first kappa shape index (κ1) is 13.3. The Morgan fingerprint density at radius 1 is 1.41 bits per heavy atom. The standard InChI is InChI=1S/C11H13F3N2O/c1-5-8(12)3-7(11(15)17)4-9(5)16-6(2)10(13)14/h3-4,6,10,16H,1-2H3,(H2,15,17). The van der Waals surface area contributed by atoms with Crippen LogP contribution in [0.25, 0.3) is 0 Å². The Bertz CT molecular complexity index is 435. The topological polar surface area (TPSA) is 55.1 Å². The van der Waals surface area contributed by atoms with E-state index in [2.05, 4.69) is 5.32 Å². The van der Waals surface area contributed by atoms with Gasteiger partial charge >= 0.3 is 0 Å². The summed E-state index contributed by atoms with van der Waals surface area (Å²) >= 11 is 0. The van der Waals surface area contributed by atoms with E-state index in [4.69, 9.17) is 5.73 Å². The summed E-state index contributed by atoms with van der Waals surface area (Å²) in [6, 6.07) is 1.10. The fraction of sp³-hybridized carbons (Fsp3) is 0.364. The molecular weight excluding hydrogens is 233 g/mol. The maximum atomic E-state index is 13.4. The van der Waals surface area contributed by atoms with E-state index >= 15 is 0 Å². The van der Waals surface area contributed by atoms with Gasteiger partial charge < -0.3 is 11.1 Å². The van der Waals surface area contributed by atoms with Gasteiger partial charge in [0.2, 0.25) is 5.91 Å². The van der Waals surface area contributed by atoms with E-state index in [0.29, 0.717) is 0 Å². The molecule has 0 spiro atoms. The van der Waals surface area contributed by atoms with Crippen LogP contribution in [0, 0.1) is 12.7 Å². The zero-order valence-electron chi connectivity index (χ0n) is 9.43. The Kier molecular flexibility index (Phi) is 3.98. The molecular formula is C11H13F3N2O. The first-order valence-corrected chi connectivity index (χ1v) is 4.97. The molecule has 0 heterocycles. The molecule has 1 aromatic rings. The highest BCUT2D eigenvalue weighted by Crippen LogP contribution is 2.22. The number of primary amides is 1. The number of amides is 1. The van der Waals surface area contributed by atoms with E-state index in [9.17, 15) is 18.0 Å². The molecule has 3 N–H and O–H groups in total. The molecule has 94 valence electrons. The van der Waals surface area contributed by atoms with Gasteiger partial charge in [-0.05, 0) is 26.0 Å². The Morgan fingerprint density at radius 2 is 2.00 bits per heavy atom. The van der Waals surface area contributed by atoms with Gasteiger partial charge in [0, 0.05) is 16.8 Å². The molecule has 0 aliphatic carbocycles. The molecule has 0 aromatic heterocycles. The number of halogens is 3. The van der Waals surface area contributed by atoms with Gasteiger partial charge in [-0.25, -0.2) is 13.2 Å². The maximum Gasteiger partial charge on any atom is 0.258 e. The van der Waals surface area contributed by atoms with Gasteiger partial charge in [0.15, 0.2) is 0 Å². The molecule has 3 nitrogen and oxygen atoms in total. The molecule has 1 amide bonds. The molecule has 6 heteroatoms. The van der Waals surface area contributed by atoms with Crippen molar-refractivity contribution in [3.05, 3.63) is 29.1 Å². The smallest absolute Gasteiger partial charge is 0.258 e. The predicted molar refractivity (Wildman–Crippen MR) is 58.7 cm³/mol. The molecule has 0 fully saturated rings. The number of hydrogen-bond donors (Lipinski definition) is 2. The quantitative estimate of drug-likeness (QED) is 0.856. The van der Waals surface area contributed by atoms with Gasteiger partial charge in [-0.15, -0.1) is 0 Å². The molecule has 1 unspecified atom stereocenters. The molecule has 0 aliphatic heterocycles. The Labute approximate surface area is 96.8 Å². The zero-order chi connectivity index (χ0) is 13.2. The summed E-state index contributed by atoms with van der Waals surface area (Å²) < 4.78 is 38.1. The van der Waals surface area contributed by atoms with Crippen molar-refractivity contribution in [2.75, 3.05) is 5.32 Å². The van der Waals surface area contributed by atoms with Crippen LogP contribution in [-0.2, 0) is 0 Å². The summed E-state index contributed by atoms with van der Waals surface area (Å²) in [7, 11) is 0. The lowest BCUT2D eigenvalue weighted by Crippen LogP contribution is -2.25. The normalized spacial score (nSPS) is 12.6. The van der Waals surface area contributed by atoms with Crippen LogP contribution in [-0.4, -0.2) is 18.4 Å². The van der Waals surface area contributed by atoms with Crippen molar-refractivity contribution in [2.45, 2.75) is 26.3 Å². The minimum atomic E-state index is -2.59. The molecule has 1 aromatic carbocycles. The predicted octanol–water partition coefficient (Wildman–Crippen LogP) is 2.30. The summed E-state index contributed by atoms with van der Waals surface area (Å²) in [6.07, 6.45) is -2.59. The van der Waals surface area contributed by atoms with E-state index < -0.39 is 24.2 Å². The van der Waals surface area contributed by atoms with Crippen molar-refractivity contribution in [3.8, 4) is 0 Å². The highest BCUT2D eigenvalue weighted by Gasteiger charge is 2.17. The molecule has 0 aliphatic rings. The molecule has 17 heavy (non-hydrogen) atoms. The van der Waals surface area contributed by atoms with Crippen molar-refractivity contribution in [1.29, 1.82) is 0 Å². The summed E-state index contributed by atoms with van der Waals surface area (Å²) in [5.74, 6) is -1.47. The Hall–Kier alpha value is -1.72. The van der Waals surface area contributed by atoms with Gasteiger partial charge in [-0.2, -0.15) is 0 Å². The van der Waals surface area contributed by atoms with Crippen LogP contribution >= 0.6 is 0 Å². The Morgan fingerprint density at radius 3 is 2.47 bits per heavy atom. The van der Waals surface area contributed by atoms with E-state index in [0.717, 1.165) is 6.07 Å². The minimum Gasteiger partial charge on any atom is -0.377 e. The van der Waals surface area contributed by atoms with Gasteiger partial charge in [-0.3, -0.25) is 4.79 Å². The maximum absolute atomic E-state index is 13.4. The summed E-state index contributed by atoms with van der Waals surface area (Å²) in [4.78, 5) is 10.9. The lowest BCUT2D eigenvalue weighted by molar-refractivity contribution is 0.1000. The van der Waals surface area contributed by atoms with Crippen molar-refractivity contribution < 1.29 is 18.0 Å². The molecule has 0 bridgehead atoms. The number of alkyl halides is 2. The molecule has 0 saturated carbocycles. The van der Waals surface area contributed by atoms with Crippen molar-refractivity contribution >= 4 is 11.6 Å². The van der Waals surface area contributed by atoms with Crippen molar-refractivity contribution in [3.63, 3.8) is 0 Å². The van der Waals surface area contributed by atoms with Crippen LogP contribution in [0.3, 0.4) is 0 Å². The molecule has 0 saturated heterocycles. The number of carbonyl (C=O) groups is 1. The van der Waals surface area contributed by atoms with Crippen molar-refractivity contribution in [2.24, 2.45) is 5.73 Å². The second kappa shape index (κ2) is 5.07. The fourth-order valence-corrected chi connectivity index (χ4v) is 1.28. The van der Waals surface area contributed by atoms with Gasteiger partial charge in [0.05, 0.1) is 6.04 Å².